The molecule has 0 aliphatic carbocycles. The Morgan fingerprint density at radius 2 is 1.58 bits per heavy atom. The van der Waals surface area contributed by atoms with Crippen molar-refractivity contribution in [3.63, 3.8) is 0 Å². The zero-order chi connectivity index (χ0) is 23.4. The zero-order valence-corrected chi connectivity index (χ0v) is 19.2. The molecule has 2 heterocycles. The highest BCUT2D eigenvalue weighted by atomic mass is 16.2. The van der Waals surface area contributed by atoms with Crippen LogP contribution in [0.5, 0.6) is 0 Å². The second-order valence-corrected chi connectivity index (χ2v) is 9.16. The number of nitrogens with two attached hydrogens (primary N) is 1. The number of carbonyl (C=O) groups is 3. The highest BCUT2D eigenvalue weighted by molar-refractivity contribution is 6.05. The molecule has 174 valence electrons. The van der Waals surface area contributed by atoms with Crippen molar-refractivity contribution < 1.29 is 14.4 Å². The van der Waals surface area contributed by atoms with Crippen LogP contribution in [0.15, 0.2) is 60.7 Å². The molecule has 0 aromatic heterocycles. The average molecular weight is 448 g/mol. The van der Waals surface area contributed by atoms with Gasteiger partial charge in [-0.3, -0.25) is 14.4 Å². The van der Waals surface area contributed by atoms with Gasteiger partial charge in [-0.25, -0.2) is 0 Å². The summed E-state index contributed by atoms with van der Waals surface area (Å²) in [5.74, 6) is -1.32. The normalized spacial score (nSPS) is 23.7. The minimum Gasteiger partial charge on any atom is -0.343 e. The Morgan fingerprint density at radius 1 is 0.970 bits per heavy atom. The van der Waals surface area contributed by atoms with Gasteiger partial charge in [0.25, 0.3) is 0 Å². The first kappa shape index (κ1) is 23.2. The van der Waals surface area contributed by atoms with Crippen molar-refractivity contribution in [1.82, 2.24) is 10.2 Å². The first-order valence-electron chi connectivity index (χ1n) is 12.0. The molecule has 6 nitrogen and oxygen atoms in total. The summed E-state index contributed by atoms with van der Waals surface area (Å²) in [6, 6.07) is 18.2. The van der Waals surface area contributed by atoms with Gasteiger partial charge in [-0.1, -0.05) is 74.0 Å². The number of hydrogen-bond donors (Lipinski definition) is 2. The Morgan fingerprint density at radius 3 is 2.15 bits per heavy atom. The number of rotatable bonds is 7. The molecule has 4 rings (SSSR count). The number of fused-ring (bicyclic) bond motifs is 1. The molecule has 2 aromatic carbocycles. The van der Waals surface area contributed by atoms with Crippen LogP contribution in [0.25, 0.3) is 0 Å². The third-order valence-corrected chi connectivity index (χ3v) is 7.09. The van der Waals surface area contributed by atoms with E-state index in [-0.39, 0.29) is 29.7 Å². The maximum Gasteiger partial charge on any atom is 0.243 e. The van der Waals surface area contributed by atoms with E-state index in [1.165, 1.54) is 0 Å². The molecule has 2 saturated heterocycles. The Kier molecular flexibility index (Phi) is 7.23. The molecule has 33 heavy (non-hydrogen) atoms. The van der Waals surface area contributed by atoms with Crippen molar-refractivity contribution in [2.75, 3.05) is 0 Å². The quantitative estimate of drug-likeness (QED) is 0.637. The Bertz CT molecular complexity index is 939. The first-order chi connectivity index (χ1) is 16.0. The van der Waals surface area contributed by atoms with Crippen molar-refractivity contribution >= 4 is 17.6 Å². The van der Waals surface area contributed by atoms with E-state index in [1.54, 1.807) is 4.90 Å². The molecule has 2 fully saturated rings. The molecule has 2 amide bonds. The Labute approximate surface area is 195 Å². The van der Waals surface area contributed by atoms with Gasteiger partial charge in [-0.15, -0.1) is 0 Å². The summed E-state index contributed by atoms with van der Waals surface area (Å²) in [6.45, 7) is 1.85. The van der Waals surface area contributed by atoms with E-state index in [0.29, 0.717) is 19.3 Å². The molecular formula is C27H33N3O3. The van der Waals surface area contributed by atoms with E-state index in [2.05, 4.69) is 5.32 Å². The number of Topliss-reactive ketones (excluding diaryl/α,β-unsaturated/α-hetero) is 1. The number of amides is 2. The molecular weight excluding hydrogens is 414 g/mol. The summed E-state index contributed by atoms with van der Waals surface area (Å²) in [4.78, 5) is 41.6. The van der Waals surface area contributed by atoms with Gasteiger partial charge in [0.1, 0.15) is 6.04 Å². The van der Waals surface area contributed by atoms with Crippen LogP contribution in [0.3, 0.4) is 0 Å². The second kappa shape index (κ2) is 10.3. The van der Waals surface area contributed by atoms with Crippen LogP contribution >= 0.6 is 0 Å². The van der Waals surface area contributed by atoms with Crippen LogP contribution in [-0.4, -0.2) is 40.6 Å². The molecule has 0 bridgehead atoms. The fraction of sp³-hybridized carbons (Fsp3) is 0.444. The molecule has 3 N–H and O–H groups in total. The minimum atomic E-state index is -0.739. The number of nitrogens with one attached hydrogen (secondary N) is 1. The number of benzene rings is 2. The van der Waals surface area contributed by atoms with Gasteiger partial charge in [0, 0.05) is 6.04 Å². The van der Waals surface area contributed by atoms with Crippen LogP contribution in [0.1, 0.15) is 62.6 Å². The minimum absolute atomic E-state index is 0.0100. The van der Waals surface area contributed by atoms with Crippen molar-refractivity contribution in [2.24, 2.45) is 11.7 Å². The van der Waals surface area contributed by atoms with E-state index >= 15 is 0 Å². The number of nitrogens with zero attached hydrogens (tertiary/aromatic N) is 1. The molecule has 0 unspecified atom stereocenters. The first-order valence-corrected chi connectivity index (χ1v) is 12.0. The van der Waals surface area contributed by atoms with E-state index < -0.39 is 18.0 Å². The smallest absolute Gasteiger partial charge is 0.243 e. The molecule has 0 radical (unpaired) electrons. The molecule has 2 aliphatic heterocycles. The number of ketones is 1. The summed E-state index contributed by atoms with van der Waals surface area (Å²) in [6.07, 6.45) is 4.03. The van der Waals surface area contributed by atoms with Crippen LogP contribution in [0, 0.1) is 5.92 Å². The molecule has 0 spiro atoms. The van der Waals surface area contributed by atoms with Crippen molar-refractivity contribution in [1.29, 1.82) is 0 Å². The van der Waals surface area contributed by atoms with Crippen molar-refractivity contribution in [3.8, 4) is 0 Å². The van der Waals surface area contributed by atoms with Crippen LogP contribution in [0.2, 0.25) is 0 Å². The summed E-state index contributed by atoms with van der Waals surface area (Å²) < 4.78 is 0. The number of carbonyl (C=O) groups excluding carboxylic acids is 3. The van der Waals surface area contributed by atoms with Gasteiger partial charge in [0.15, 0.2) is 5.78 Å². The largest absolute Gasteiger partial charge is 0.343 e. The van der Waals surface area contributed by atoms with Gasteiger partial charge in [-0.05, 0) is 43.2 Å². The lowest BCUT2D eigenvalue weighted by atomic mass is 9.91. The standard InChI is InChI=1S/C27H33N3O3/c1-2-22(28)25(31)21-15-9-14-20-16-17-23(30(20)27(21)33)26(32)29-24(18-10-5-3-6-11-18)19-12-7-4-8-13-19/h3-8,10-13,20-24H,2,9,14-17,28H2,1H3,(H,29,32)/t20-,21+,22-,23-/m0/s1. The summed E-state index contributed by atoms with van der Waals surface area (Å²) >= 11 is 0. The van der Waals surface area contributed by atoms with Gasteiger partial charge < -0.3 is 16.0 Å². The average Bonchev–Trinajstić information content (AvgIpc) is 3.21. The highest BCUT2D eigenvalue weighted by Crippen LogP contribution is 2.35. The van der Waals surface area contributed by atoms with E-state index in [4.69, 9.17) is 5.73 Å². The lowest BCUT2D eigenvalue weighted by Gasteiger charge is -2.31. The fourth-order valence-corrected chi connectivity index (χ4v) is 5.23. The van der Waals surface area contributed by atoms with E-state index in [9.17, 15) is 14.4 Å². The lowest BCUT2D eigenvalue weighted by molar-refractivity contribution is -0.147. The third kappa shape index (κ3) is 4.86. The summed E-state index contributed by atoms with van der Waals surface area (Å²) in [5.41, 5.74) is 7.95. The topological polar surface area (TPSA) is 92.5 Å². The summed E-state index contributed by atoms with van der Waals surface area (Å²) in [7, 11) is 0. The maximum absolute atomic E-state index is 13.6. The lowest BCUT2D eigenvalue weighted by Crippen LogP contribution is -2.52. The van der Waals surface area contributed by atoms with Crippen molar-refractivity contribution in [2.45, 2.75) is 69.6 Å². The Balaban J connectivity index is 1.58. The predicted molar refractivity (Wildman–Crippen MR) is 127 cm³/mol. The SMILES string of the molecule is CC[C@H](N)C(=O)[C@H]1CCC[C@H]2CC[C@@H](C(=O)NC(c3ccccc3)c3ccccc3)N2C1=O. The van der Waals surface area contributed by atoms with Gasteiger partial charge in [0.2, 0.25) is 11.8 Å². The highest BCUT2D eigenvalue weighted by Gasteiger charge is 2.46. The monoisotopic (exact) mass is 447 g/mol. The van der Waals surface area contributed by atoms with Gasteiger partial charge >= 0.3 is 0 Å². The molecule has 4 atom stereocenters. The van der Waals surface area contributed by atoms with E-state index in [0.717, 1.165) is 30.4 Å². The van der Waals surface area contributed by atoms with Crippen molar-refractivity contribution in [3.05, 3.63) is 71.8 Å². The molecule has 0 saturated carbocycles. The predicted octanol–water partition coefficient (Wildman–Crippen LogP) is 3.36. The summed E-state index contributed by atoms with van der Waals surface area (Å²) in [5, 5.41) is 3.20. The van der Waals surface area contributed by atoms with Crippen LogP contribution in [0.4, 0.5) is 0 Å². The van der Waals surface area contributed by atoms with E-state index in [1.807, 2.05) is 67.6 Å². The van der Waals surface area contributed by atoms with Crippen LogP contribution < -0.4 is 11.1 Å². The van der Waals surface area contributed by atoms with Gasteiger partial charge in [-0.2, -0.15) is 0 Å². The Hall–Kier alpha value is -2.99. The maximum atomic E-state index is 13.6. The molecule has 2 aromatic rings. The molecule has 6 heteroatoms. The van der Waals surface area contributed by atoms with Gasteiger partial charge in [0.05, 0.1) is 18.0 Å². The van der Waals surface area contributed by atoms with Crippen LogP contribution in [-0.2, 0) is 14.4 Å². The second-order valence-electron chi connectivity index (χ2n) is 9.16. The molecule has 2 aliphatic rings. The third-order valence-electron chi connectivity index (χ3n) is 7.09. The number of hydrogen-bond acceptors (Lipinski definition) is 4. The fourth-order valence-electron chi connectivity index (χ4n) is 5.23. The zero-order valence-electron chi connectivity index (χ0n) is 19.2.